The van der Waals surface area contributed by atoms with E-state index in [1.165, 1.54) is 225 Å². The molecule has 0 aliphatic rings. The summed E-state index contributed by atoms with van der Waals surface area (Å²) in [5.74, 6) is -0.0521. The molecule has 6 nitrogen and oxygen atoms in total. The quantitative estimate of drug-likeness (QED) is 0.0321. The number of nitrogens with one attached hydrogen (secondary N) is 1. The zero-order valence-corrected chi connectivity index (χ0v) is 41.9. The Bertz CT molecular complexity index is 924. The summed E-state index contributed by atoms with van der Waals surface area (Å²) in [7, 11) is 0. The SMILES string of the molecule is CCCCCCCC/C=C\CCCCCCCCCCCC(=O)OCCCCCCCCCCCCCCCC(=O)NC(CO)C(O)CCCCCCCCCCCCCCC. The molecular formula is C56H109NO5. The van der Waals surface area contributed by atoms with Crippen LogP contribution in [0.5, 0.6) is 0 Å². The van der Waals surface area contributed by atoms with Crippen molar-refractivity contribution in [2.45, 2.75) is 321 Å². The van der Waals surface area contributed by atoms with Crippen LogP contribution < -0.4 is 5.32 Å². The van der Waals surface area contributed by atoms with E-state index in [4.69, 9.17) is 4.74 Å². The van der Waals surface area contributed by atoms with E-state index in [1.54, 1.807) is 0 Å². The molecule has 0 aliphatic heterocycles. The molecule has 0 rings (SSSR count). The molecule has 0 aromatic carbocycles. The van der Waals surface area contributed by atoms with Crippen LogP contribution in [0.25, 0.3) is 0 Å². The third-order valence-corrected chi connectivity index (χ3v) is 13.1. The molecule has 0 bridgehead atoms. The number of aliphatic hydroxyl groups excluding tert-OH is 2. The van der Waals surface area contributed by atoms with Gasteiger partial charge in [0.2, 0.25) is 5.91 Å². The maximum atomic E-state index is 12.4. The molecule has 0 spiro atoms. The van der Waals surface area contributed by atoms with Crippen molar-refractivity contribution >= 4 is 11.9 Å². The van der Waals surface area contributed by atoms with Gasteiger partial charge < -0.3 is 20.3 Å². The number of esters is 1. The molecule has 2 unspecified atom stereocenters. The minimum atomic E-state index is -0.671. The van der Waals surface area contributed by atoms with E-state index in [1.807, 2.05) is 0 Å². The molecule has 0 fully saturated rings. The Morgan fingerprint density at radius 1 is 0.435 bits per heavy atom. The first-order valence-corrected chi connectivity index (χ1v) is 27.9. The molecule has 0 saturated heterocycles. The first kappa shape index (κ1) is 60.6. The van der Waals surface area contributed by atoms with E-state index in [0.29, 0.717) is 25.9 Å². The van der Waals surface area contributed by atoms with Crippen molar-refractivity contribution < 1.29 is 24.5 Å². The molecule has 0 aromatic rings. The second-order valence-electron chi connectivity index (χ2n) is 19.3. The lowest BCUT2D eigenvalue weighted by Crippen LogP contribution is -2.45. The Labute approximate surface area is 387 Å². The van der Waals surface area contributed by atoms with Crippen LogP contribution in [-0.4, -0.2) is 47.4 Å². The van der Waals surface area contributed by atoms with E-state index in [2.05, 4.69) is 31.3 Å². The Morgan fingerprint density at radius 3 is 1.15 bits per heavy atom. The lowest BCUT2D eigenvalue weighted by molar-refractivity contribution is -0.143. The third-order valence-electron chi connectivity index (χ3n) is 13.1. The molecule has 0 aliphatic carbocycles. The topological polar surface area (TPSA) is 95.9 Å². The largest absolute Gasteiger partial charge is 0.466 e. The van der Waals surface area contributed by atoms with Gasteiger partial charge in [-0.2, -0.15) is 0 Å². The van der Waals surface area contributed by atoms with Crippen LogP contribution in [0.4, 0.5) is 0 Å². The number of aliphatic hydroxyl groups is 2. The van der Waals surface area contributed by atoms with Gasteiger partial charge in [-0.15, -0.1) is 0 Å². The monoisotopic (exact) mass is 876 g/mol. The van der Waals surface area contributed by atoms with E-state index >= 15 is 0 Å². The molecule has 0 heterocycles. The second-order valence-corrected chi connectivity index (χ2v) is 19.3. The average Bonchev–Trinajstić information content (AvgIpc) is 3.27. The second kappa shape index (κ2) is 52.2. The molecule has 0 radical (unpaired) electrons. The number of rotatable bonds is 52. The maximum absolute atomic E-state index is 12.4. The van der Waals surface area contributed by atoms with Crippen LogP contribution in [-0.2, 0) is 14.3 Å². The van der Waals surface area contributed by atoms with Crippen LogP contribution in [0, 0.1) is 0 Å². The van der Waals surface area contributed by atoms with Gasteiger partial charge in [-0.1, -0.05) is 257 Å². The molecule has 0 saturated carbocycles. The number of hydrogen-bond acceptors (Lipinski definition) is 5. The average molecular weight is 876 g/mol. The zero-order valence-electron chi connectivity index (χ0n) is 41.9. The normalized spacial score (nSPS) is 12.6. The summed E-state index contributed by atoms with van der Waals surface area (Å²) in [4.78, 5) is 24.5. The number of allylic oxidation sites excluding steroid dienone is 2. The van der Waals surface area contributed by atoms with Crippen LogP contribution in [0.3, 0.4) is 0 Å². The Kier molecular flexibility index (Phi) is 51.0. The van der Waals surface area contributed by atoms with E-state index in [9.17, 15) is 19.8 Å². The summed E-state index contributed by atoms with van der Waals surface area (Å²) in [5, 5.41) is 23.2. The van der Waals surface area contributed by atoms with Crippen LogP contribution in [0.15, 0.2) is 12.2 Å². The number of carbonyl (C=O) groups excluding carboxylic acids is 2. The van der Waals surface area contributed by atoms with Crippen molar-refractivity contribution in [3.8, 4) is 0 Å². The standard InChI is InChI=1S/C56H109NO5/c1-3-5-7-9-11-13-15-17-18-19-20-21-22-26-30-34-38-42-46-50-56(61)62-51-47-43-39-35-31-27-23-25-29-33-37-41-45-49-55(60)57-53(52-58)54(59)48-44-40-36-32-28-24-16-14-12-10-8-6-4-2/h17-18,53-54,58-59H,3-16,19-52H2,1-2H3,(H,57,60)/b18-17-. The fraction of sp³-hybridized carbons (Fsp3) is 0.929. The Hall–Kier alpha value is -1.40. The number of carbonyl (C=O) groups is 2. The Morgan fingerprint density at radius 2 is 0.758 bits per heavy atom. The van der Waals surface area contributed by atoms with Crippen molar-refractivity contribution in [3.63, 3.8) is 0 Å². The molecule has 6 heteroatoms. The maximum Gasteiger partial charge on any atom is 0.305 e. The molecule has 3 N–H and O–H groups in total. The van der Waals surface area contributed by atoms with Crippen LogP contribution in [0.2, 0.25) is 0 Å². The highest BCUT2D eigenvalue weighted by Crippen LogP contribution is 2.17. The molecule has 62 heavy (non-hydrogen) atoms. The molecule has 2 atom stereocenters. The summed E-state index contributed by atoms with van der Waals surface area (Å²) in [6.45, 7) is 4.93. The van der Waals surface area contributed by atoms with E-state index in [0.717, 1.165) is 51.4 Å². The number of unbranched alkanes of at least 4 members (excludes halogenated alkanes) is 39. The van der Waals surface area contributed by atoms with Crippen molar-refractivity contribution in [3.05, 3.63) is 12.2 Å². The van der Waals surface area contributed by atoms with Gasteiger partial charge in [-0.05, 0) is 51.4 Å². The predicted molar refractivity (Wildman–Crippen MR) is 269 cm³/mol. The van der Waals surface area contributed by atoms with Crippen LogP contribution >= 0.6 is 0 Å². The predicted octanol–water partition coefficient (Wildman–Crippen LogP) is 16.9. The van der Waals surface area contributed by atoms with Crippen molar-refractivity contribution in [1.82, 2.24) is 5.32 Å². The van der Waals surface area contributed by atoms with Gasteiger partial charge in [-0.3, -0.25) is 9.59 Å². The lowest BCUT2D eigenvalue weighted by atomic mass is 10.0. The summed E-state index contributed by atoms with van der Waals surface area (Å²) < 4.78 is 5.48. The van der Waals surface area contributed by atoms with E-state index in [-0.39, 0.29) is 18.5 Å². The summed E-state index contributed by atoms with van der Waals surface area (Å²) in [5.41, 5.74) is 0. The van der Waals surface area contributed by atoms with Gasteiger partial charge in [0.25, 0.3) is 0 Å². The van der Waals surface area contributed by atoms with Crippen LogP contribution in [0.1, 0.15) is 309 Å². The highest BCUT2D eigenvalue weighted by molar-refractivity contribution is 5.76. The van der Waals surface area contributed by atoms with Gasteiger partial charge in [0.1, 0.15) is 0 Å². The third kappa shape index (κ3) is 48.1. The van der Waals surface area contributed by atoms with Gasteiger partial charge in [0, 0.05) is 12.8 Å². The van der Waals surface area contributed by atoms with E-state index < -0.39 is 12.1 Å². The van der Waals surface area contributed by atoms with Crippen molar-refractivity contribution in [2.24, 2.45) is 0 Å². The molecule has 0 aromatic heterocycles. The highest BCUT2D eigenvalue weighted by atomic mass is 16.5. The van der Waals surface area contributed by atoms with Crippen molar-refractivity contribution in [2.75, 3.05) is 13.2 Å². The minimum absolute atomic E-state index is 0.00538. The van der Waals surface area contributed by atoms with Gasteiger partial charge >= 0.3 is 5.97 Å². The first-order chi connectivity index (χ1) is 30.5. The highest BCUT2D eigenvalue weighted by Gasteiger charge is 2.20. The fourth-order valence-corrected chi connectivity index (χ4v) is 8.75. The first-order valence-electron chi connectivity index (χ1n) is 27.9. The molecule has 1 amide bonds. The minimum Gasteiger partial charge on any atom is -0.466 e. The van der Waals surface area contributed by atoms with Gasteiger partial charge in [-0.25, -0.2) is 0 Å². The molecule has 368 valence electrons. The summed E-state index contributed by atoms with van der Waals surface area (Å²) in [6, 6.07) is -0.550. The number of ether oxygens (including phenoxy) is 1. The lowest BCUT2D eigenvalue weighted by Gasteiger charge is -2.22. The van der Waals surface area contributed by atoms with Crippen molar-refractivity contribution in [1.29, 1.82) is 0 Å². The smallest absolute Gasteiger partial charge is 0.305 e. The van der Waals surface area contributed by atoms with Gasteiger partial charge in [0.15, 0.2) is 0 Å². The Balaban J connectivity index is 3.41. The van der Waals surface area contributed by atoms with Gasteiger partial charge in [0.05, 0.1) is 25.4 Å². The fourth-order valence-electron chi connectivity index (χ4n) is 8.75. The number of hydrogen-bond donors (Lipinski definition) is 3. The summed E-state index contributed by atoms with van der Waals surface area (Å²) in [6.07, 6.45) is 60.5. The molecular weight excluding hydrogens is 767 g/mol. The zero-order chi connectivity index (χ0) is 45.1. The number of amides is 1. The summed E-state index contributed by atoms with van der Waals surface area (Å²) >= 11 is 0.